The van der Waals surface area contributed by atoms with Crippen LogP contribution < -0.4 is 5.32 Å². The van der Waals surface area contributed by atoms with E-state index in [1.54, 1.807) is 7.11 Å². The van der Waals surface area contributed by atoms with E-state index in [0.29, 0.717) is 0 Å². The average molecular weight is 504 g/mol. The number of aliphatic hydroxyl groups is 3. The summed E-state index contributed by atoms with van der Waals surface area (Å²) < 4.78 is 35.0. The van der Waals surface area contributed by atoms with E-state index in [0.717, 1.165) is 5.57 Å². The molecule has 0 spiro atoms. The second-order valence-electron chi connectivity index (χ2n) is 10.3. The standard InChI is InChI=1S/C24H41NO10/c1-12-9-24(31-7,35-14(3)13(12)2)19(28)21(29)25-22-18-17(32-11-33-22)20(30-6)23(4,5)16(34-18)8-15(27)10-26/h13-20,22,26-28H,1,8-11H2,2-7H3,(H,25,29)/t13-,14-,15+,16-,17+,18+,19-,20-,22+,24-/m0/s1. The maximum atomic E-state index is 13.2. The minimum Gasteiger partial charge on any atom is -0.394 e. The molecule has 0 saturated carbocycles. The molecule has 3 rings (SSSR count). The first-order chi connectivity index (χ1) is 16.4. The summed E-state index contributed by atoms with van der Waals surface area (Å²) in [5.74, 6) is -2.30. The SMILES string of the molecule is C=C1C[C@@](OC)([C@@H](O)C(=O)N[C@@H]2OCO[C@@H]3[C@H]2O[C@@H](C[C@@H](O)CO)C(C)(C)[C@H]3OC)O[C@@H](C)[C@H]1C. The van der Waals surface area contributed by atoms with E-state index >= 15 is 0 Å². The molecule has 0 unspecified atom stereocenters. The summed E-state index contributed by atoms with van der Waals surface area (Å²) in [6.45, 7) is 11.2. The zero-order valence-electron chi connectivity index (χ0n) is 21.4. The van der Waals surface area contributed by atoms with Gasteiger partial charge in [0.15, 0.2) is 12.3 Å². The monoisotopic (exact) mass is 503 g/mol. The van der Waals surface area contributed by atoms with E-state index in [1.165, 1.54) is 7.11 Å². The topological polar surface area (TPSA) is 145 Å². The van der Waals surface area contributed by atoms with Crippen molar-refractivity contribution in [2.75, 3.05) is 27.6 Å². The Morgan fingerprint density at radius 3 is 2.49 bits per heavy atom. The lowest BCUT2D eigenvalue weighted by molar-refractivity contribution is -0.333. The molecule has 11 nitrogen and oxygen atoms in total. The molecule has 3 aliphatic heterocycles. The Morgan fingerprint density at radius 1 is 1.23 bits per heavy atom. The van der Waals surface area contributed by atoms with Gasteiger partial charge in [-0.25, -0.2) is 0 Å². The lowest BCUT2D eigenvalue weighted by atomic mass is 9.72. The molecule has 11 heteroatoms. The number of carbonyl (C=O) groups excluding carboxylic acids is 1. The van der Waals surface area contributed by atoms with Gasteiger partial charge in [-0.2, -0.15) is 0 Å². The predicted molar refractivity (Wildman–Crippen MR) is 123 cm³/mol. The molecule has 3 saturated heterocycles. The Hall–Kier alpha value is -1.15. The van der Waals surface area contributed by atoms with Crippen molar-refractivity contribution < 1.29 is 48.5 Å². The highest BCUT2D eigenvalue weighted by Crippen LogP contribution is 2.44. The van der Waals surface area contributed by atoms with Gasteiger partial charge in [0.2, 0.25) is 5.79 Å². The minimum atomic E-state index is -1.67. The van der Waals surface area contributed by atoms with Crippen LogP contribution >= 0.6 is 0 Å². The van der Waals surface area contributed by atoms with Crippen LogP contribution in [-0.4, -0.2) is 104 Å². The molecule has 3 heterocycles. The summed E-state index contributed by atoms with van der Waals surface area (Å²) in [5, 5.41) is 33.1. The number of carbonyl (C=O) groups is 1. The molecule has 0 aromatic heterocycles. The zero-order chi connectivity index (χ0) is 26.1. The van der Waals surface area contributed by atoms with Crippen molar-refractivity contribution in [2.24, 2.45) is 11.3 Å². The van der Waals surface area contributed by atoms with Crippen molar-refractivity contribution in [3.63, 3.8) is 0 Å². The summed E-state index contributed by atoms with van der Waals surface area (Å²) in [6, 6.07) is 0. The molecule has 0 aromatic carbocycles. The Labute approximate surface area is 206 Å². The van der Waals surface area contributed by atoms with Crippen LogP contribution in [0.3, 0.4) is 0 Å². The van der Waals surface area contributed by atoms with Crippen molar-refractivity contribution in [2.45, 2.75) is 95.3 Å². The molecule has 202 valence electrons. The summed E-state index contributed by atoms with van der Waals surface area (Å²) in [4.78, 5) is 13.2. The van der Waals surface area contributed by atoms with E-state index in [2.05, 4.69) is 11.9 Å². The molecular weight excluding hydrogens is 462 g/mol. The molecule has 4 N–H and O–H groups in total. The summed E-state index contributed by atoms with van der Waals surface area (Å²) in [7, 11) is 2.93. The fraction of sp³-hybridized carbons (Fsp3) is 0.875. The number of nitrogens with one attached hydrogen (secondary N) is 1. The first kappa shape index (κ1) is 28.4. The van der Waals surface area contributed by atoms with Crippen molar-refractivity contribution in [3.8, 4) is 0 Å². The van der Waals surface area contributed by atoms with Crippen LogP contribution in [0.1, 0.15) is 40.5 Å². The van der Waals surface area contributed by atoms with E-state index in [-0.39, 0.29) is 31.7 Å². The first-order valence-corrected chi connectivity index (χ1v) is 12.0. The Bertz CT molecular complexity index is 763. The smallest absolute Gasteiger partial charge is 0.256 e. The lowest BCUT2D eigenvalue weighted by Crippen LogP contribution is -2.69. The van der Waals surface area contributed by atoms with Gasteiger partial charge in [-0.15, -0.1) is 0 Å². The molecule has 10 atom stereocenters. The molecule has 35 heavy (non-hydrogen) atoms. The zero-order valence-corrected chi connectivity index (χ0v) is 21.4. The average Bonchev–Trinajstić information content (AvgIpc) is 2.82. The van der Waals surface area contributed by atoms with Gasteiger partial charge in [-0.05, 0) is 6.92 Å². The van der Waals surface area contributed by atoms with Crippen LogP contribution in [0, 0.1) is 11.3 Å². The van der Waals surface area contributed by atoms with Gasteiger partial charge >= 0.3 is 0 Å². The number of hydrogen-bond donors (Lipinski definition) is 4. The number of amides is 1. The van der Waals surface area contributed by atoms with Crippen LogP contribution in [0.15, 0.2) is 12.2 Å². The maximum Gasteiger partial charge on any atom is 0.256 e. The minimum absolute atomic E-state index is 0.0456. The molecule has 1 amide bonds. The predicted octanol–water partition coefficient (Wildman–Crippen LogP) is 0.0582. The third kappa shape index (κ3) is 5.43. The molecular formula is C24H41NO10. The largest absolute Gasteiger partial charge is 0.394 e. The van der Waals surface area contributed by atoms with Crippen LogP contribution in [0.5, 0.6) is 0 Å². The van der Waals surface area contributed by atoms with E-state index in [1.807, 2.05) is 27.7 Å². The van der Waals surface area contributed by atoms with Gasteiger partial charge in [-0.1, -0.05) is 32.9 Å². The maximum absolute atomic E-state index is 13.2. The number of ether oxygens (including phenoxy) is 6. The van der Waals surface area contributed by atoms with Crippen LogP contribution in [0.2, 0.25) is 0 Å². The van der Waals surface area contributed by atoms with Crippen LogP contribution in [0.25, 0.3) is 0 Å². The number of aliphatic hydroxyl groups excluding tert-OH is 3. The molecule has 0 aliphatic carbocycles. The van der Waals surface area contributed by atoms with Crippen molar-refractivity contribution in [1.29, 1.82) is 0 Å². The highest BCUT2D eigenvalue weighted by Gasteiger charge is 2.57. The summed E-state index contributed by atoms with van der Waals surface area (Å²) in [5.41, 5.74) is 0.228. The van der Waals surface area contributed by atoms with Gasteiger partial charge < -0.3 is 49.1 Å². The second-order valence-corrected chi connectivity index (χ2v) is 10.3. The summed E-state index contributed by atoms with van der Waals surface area (Å²) >= 11 is 0. The molecule has 0 radical (unpaired) electrons. The van der Waals surface area contributed by atoms with Gasteiger partial charge in [-0.3, -0.25) is 4.79 Å². The summed E-state index contributed by atoms with van der Waals surface area (Å²) in [6.07, 6.45) is -6.03. The number of fused-ring (bicyclic) bond motifs is 1. The van der Waals surface area contributed by atoms with Gasteiger partial charge in [0.05, 0.1) is 31.0 Å². The van der Waals surface area contributed by atoms with Crippen molar-refractivity contribution >= 4 is 5.91 Å². The Kier molecular flexibility index (Phi) is 8.99. The first-order valence-electron chi connectivity index (χ1n) is 12.0. The fourth-order valence-electron chi connectivity index (χ4n) is 5.26. The van der Waals surface area contributed by atoms with E-state index in [4.69, 9.17) is 28.4 Å². The second kappa shape index (κ2) is 11.1. The molecule has 0 bridgehead atoms. The Balaban J connectivity index is 1.79. The van der Waals surface area contributed by atoms with Crippen molar-refractivity contribution in [3.05, 3.63) is 12.2 Å². The van der Waals surface area contributed by atoms with Crippen LogP contribution in [0.4, 0.5) is 0 Å². The third-order valence-corrected chi connectivity index (χ3v) is 7.77. The van der Waals surface area contributed by atoms with E-state index < -0.39 is 66.6 Å². The van der Waals surface area contributed by atoms with Crippen molar-refractivity contribution in [1.82, 2.24) is 5.32 Å². The van der Waals surface area contributed by atoms with E-state index in [9.17, 15) is 20.1 Å². The normalized spacial score (nSPS) is 41.1. The highest BCUT2D eigenvalue weighted by molar-refractivity contribution is 5.82. The Morgan fingerprint density at radius 2 is 1.91 bits per heavy atom. The fourth-order valence-corrected chi connectivity index (χ4v) is 5.26. The number of hydrogen-bond acceptors (Lipinski definition) is 10. The van der Waals surface area contributed by atoms with Gasteiger partial charge in [0, 0.05) is 38.4 Å². The lowest BCUT2D eigenvalue weighted by Gasteiger charge is -2.54. The molecule has 3 fully saturated rings. The molecule has 3 aliphatic rings. The number of methoxy groups -OCH3 is 2. The number of rotatable bonds is 8. The van der Waals surface area contributed by atoms with Crippen LogP contribution in [-0.2, 0) is 33.2 Å². The van der Waals surface area contributed by atoms with Gasteiger partial charge in [0.25, 0.3) is 5.91 Å². The molecule has 0 aromatic rings. The van der Waals surface area contributed by atoms with Gasteiger partial charge in [0.1, 0.15) is 19.0 Å². The highest BCUT2D eigenvalue weighted by atomic mass is 16.7. The third-order valence-electron chi connectivity index (χ3n) is 7.77. The quantitative estimate of drug-likeness (QED) is 0.336.